The number of rotatable bonds is 8. The van der Waals surface area contributed by atoms with Gasteiger partial charge in [-0.25, -0.2) is 0 Å². The molecule has 1 saturated carbocycles. The molecule has 3 rings (SSSR count). The van der Waals surface area contributed by atoms with E-state index in [-0.39, 0.29) is 30.2 Å². The summed E-state index contributed by atoms with van der Waals surface area (Å²) in [4.78, 5) is 26.9. The minimum absolute atomic E-state index is 0.138. The van der Waals surface area contributed by atoms with Crippen molar-refractivity contribution in [2.45, 2.75) is 52.0 Å². The molecule has 2 aromatic rings. The van der Waals surface area contributed by atoms with Gasteiger partial charge in [0.05, 0.1) is 0 Å². The Morgan fingerprint density at radius 3 is 2.61 bits per heavy atom. The Bertz CT molecular complexity index is 820. The molecular weight excluding hydrogens is 396 g/mol. The van der Waals surface area contributed by atoms with Gasteiger partial charge in [-0.1, -0.05) is 48.4 Å². The summed E-state index contributed by atoms with van der Waals surface area (Å²) >= 11 is 7.21. The molecule has 0 aliphatic heterocycles. The molecule has 1 aromatic heterocycles. The molecule has 0 spiro atoms. The zero-order valence-electron chi connectivity index (χ0n) is 16.2. The van der Waals surface area contributed by atoms with E-state index in [1.165, 1.54) is 11.3 Å². The molecule has 0 radical (unpaired) electrons. The number of hydrogen-bond acceptors (Lipinski definition) is 5. The van der Waals surface area contributed by atoms with Crippen molar-refractivity contribution in [3.63, 3.8) is 0 Å². The van der Waals surface area contributed by atoms with Crippen LogP contribution in [0.25, 0.3) is 10.6 Å². The Hall–Kier alpha value is -1.99. The van der Waals surface area contributed by atoms with Crippen LogP contribution in [0.5, 0.6) is 0 Å². The molecule has 1 unspecified atom stereocenters. The van der Waals surface area contributed by atoms with Crippen LogP contribution >= 0.6 is 22.9 Å². The van der Waals surface area contributed by atoms with E-state index in [0.29, 0.717) is 21.7 Å². The second-order valence-electron chi connectivity index (χ2n) is 7.13. The monoisotopic (exact) mass is 420 g/mol. The number of benzene rings is 1. The molecule has 0 bridgehead atoms. The predicted molar refractivity (Wildman–Crippen MR) is 112 cm³/mol. The van der Waals surface area contributed by atoms with Gasteiger partial charge in [0.2, 0.25) is 16.9 Å². The molecule has 1 aliphatic carbocycles. The molecule has 0 saturated heterocycles. The third-order valence-corrected chi connectivity index (χ3v) is 6.34. The van der Waals surface area contributed by atoms with Gasteiger partial charge in [0.1, 0.15) is 5.01 Å². The lowest BCUT2D eigenvalue weighted by Crippen LogP contribution is -2.45. The number of nitrogens with one attached hydrogen (secondary N) is 1. The third kappa shape index (κ3) is 5.08. The predicted octanol–water partition coefficient (Wildman–Crippen LogP) is 4.61. The Morgan fingerprint density at radius 2 is 2.00 bits per heavy atom. The fourth-order valence-electron chi connectivity index (χ4n) is 3.04. The van der Waals surface area contributed by atoms with E-state index >= 15 is 0 Å². The summed E-state index contributed by atoms with van der Waals surface area (Å²) in [6.45, 7) is 4.53. The number of halogens is 1. The number of carbonyl (C=O) groups is 2. The van der Waals surface area contributed by atoms with Gasteiger partial charge in [-0.05, 0) is 38.3 Å². The van der Waals surface area contributed by atoms with Crippen LogP contribution in [0, 0.1) is 5.92 Å². The molecule has 1 aliphatic rings. The van der Waals surface area contributed by atoms with Crippen LogP contribution in [0.2, 0.25) is 5.02 Å². The molecule has 1 atom stereocenters. The van der Waals surface area contributed by atoms with Crippen molar-refractivity contribution in [3.05, 3.63) is 29.3 Å². The van der Waals surface area contributed by atoms with Crippen molar-refractivity contribution < 1.29 is 9.59 Å². The smallest absolute Gasteiger partial charge is 0.227 e. The maximum absolute atomic E-state index is 12.6. The second kappa shape index (κ2) is 9.47. The maximum Gasteiger partial charge on any atom is 0.227 e. The molecule has 28 heavy (non-hydrogen) atoms. The molecule has 6 nitrogen and oxygen atoms in total. The number of carbonyl (C=O) groups excluding carboxylic acids is 2. The van der Waals surface area contributed by atoms with Crippen LogP contribution in [0.4, 0.5) is 5.13 Å². The fourth-order valence-corrected chi connectivity index (χ4v) is 3.94. The molecule has 8 heteroatoms. The summed E-state index contributed by atoms with van der Waals surface area (Å²) < 4.78 is 0. The highest BCUT2D eigenvalue weighted by Crippen LogP contribution is 2.30. The highest BCUT2D eigenvalue weighted by atomic mass is 35.5. The van der Waals surface area contributed by atoms with E-state index in [2.05, 4.69) is 22.4 Å². The Labute approximate surface area is 174 Å². The number of aromatic nitrogens is 2. The van der Waals surface area contributed by atoms with E-state index in [0.717, 1.165) is 31.2 Å². The average Bonchev–Trinajstić information content (AvgIpc) is 3.09. The first kappa shape index (κ1) is 20.7. The van der Waals surface area contributed by atoms with Crippen molar-refractivity contribution in [2.75, 3.05) is 11.9 Å². The summed E-state index contributed by atoms with van der Waals surface area (Å²) in [6, 6.07) is 7.45. The minimum Gasteiger partial charge on any atom is -0.339 e. The van der Waals surface area contributed by atoms with Crippen LogP contribution in [0.15, 0.2) is 24.3 Å². The van der Waals surface area contributed by atoms with Crippen LogP contribution < -0.4 is 5.32 Å². The third-order valence-electron chi connectivity index (χ3n) is 5.20. The number of hydrogen-bond donors (Lipinski definition) is 1. The topological polar surface area (TPSA) is 75.2 Å². The summed E-state index contributed by atoms with van der Waals surface area (Å²) in [5.74, 6) is 0.171. The van der Waals surface area contributed by atoms with E-state index in [9.17, 15) is 9.59 Å². The van der Waals surface area contributed by atoms with Gasteiger partial charge in [-0.3, -0.25) is 9.59 Å². The van der Waals surface area contributed by atoms with Gasteiger partial charge in [-0.15, -0.1) is 10.2 Å². The highest BCUT2D eigenvalue weighted by Gasteiger charge is 2.31. The van der Waals surface area contributed by atoms with E-state index in [1.807, 2.05) is 24.0 Å². The normalized spacial score (nSPS) is 15.0. The van der Waals surface area contributed by atoms with Crippen molar-refractivity contribution in [1.82, 2.24) is 15.1 Å². The zero-order chi connectivity index (χ0) is 20.1. The van der Waals surface area contributed by atoms with E-state index < -0.39 is 0 Å². The van der Waals surface area contributed by atoms with Gasteiger partial charge in [0.15, 0.2) is 0 Å². The van der Waals surface area contributed by atoms with Crippen molar-refractivity contribution in [2.24, 2.45) is 5.92 Å². The lowest BCUT2D eigenvalue weighted by Gasteiger charge is -2.35. The first-order chi connectivity index (χ1) is 13.5. The lowest BCUT2D eigenvalue weighted by molar-refractivity contribution is -0.140. The number of amides is 2. The van der Waals surface area contributed by atoms with Crippen molar-refractivity contribution >= 4 is 39.9 Å². The molecule has 1 heterocycles. The number of anilines is 1. The van der Waals surface area contributed by atoms with Crippen LogP contribution in [-0.2, 0) is 9.59 Å². The van der Waals surface area contributed by atoms with E-state index in [4.69, 9.17) is 11.6 Å². The van der Waals surface area contributed by atoms with Gasteiger partial charge in [0.25, 0.3) is 0 Å². The fraction of sp³-hybridized carbons (Fsp3) is 0.500. The molecule has 1 N–H and O–H groups in total. The zero-order valence-corrected chi connectivity index (χ0v) is 17.7. The van der Waals surface area contributed by atoms with Gasteiger partial charge in [0, 0.05) is 35.5 Å². The molecular formula is C20H25ClN4O2S. The van der Waals surface area contributed by atoms with Gasteiger partial charge < -0.3 is 10.2 Å². The molecule has 1 aromatic carbocycles. The second-order valence-corrected chi connectivity index (χ2v) is 8.55. The quantitative estimate of drug-likeness (QED) is 0.676. The molecule has 150 valence electrons. The molecule has 1 fully saturated rings. The maximum atomic E-state index is 12.6. The highest BCUT2D eigenvalue weighted by molar-refractivity contribution is 7.18. The van der Waals surface area contributed by atoms with Crippen molar-refractivity contribution in [1.29, 1.82) is 0 Å². The lowest BCUT2D eigenvalue weighted by atomic mass is 9.84. The number of nitrogens with zero attached hydrogens (tertiary/aromatic N) is 3. The summed E-state index contributed by atoms with van der Waals surface area (Å²) in [6.07, 6.45) is 4.18. The average molecular weight is 421 g/mol. The van der Waals surface area contributed by atoms with Crippen LogP contribution in [0.1, 0.15) is 46.0 Å². The Morgan fingerprint density at radius 1 is 1.29 bits per heavy atom. The summed E-state index contributed by atoms with van der Waals surface area (Å²) in [5, 5.41) is 12.8. The first-order valence-corrected chi connectivity index (χ1v) is 10.9. The van der Waals surface area contributed by atoms with Gasteiger partial charge >= 0.3 is 0 Å². The van der Waals surface area contributed by atoms with Crippen molar-refractivity contribution in [3.8, 4) is 10.6 Å². The van der Waals surface area contributed by atoms with Crippen LogP contribution in [0.3, 0.4) is 0 Å². The summed E-state index contributed by atoms with van der Waals surface area (Å²) in [5.41, 5.74) is 0.899. The van der Waals surface area contributed by atoms with E-state index in [1.54, 1.807) is 12.1 Å². The first-order valence-electron chi connectivity index (χ1n) is 9.67. The largest absolute Gasteiger partial charge is 0.339 e. The standard InChI is InChI=1S/C20H25ClN4O2S/c1-3-13(2)25(19(27)15-5-4-6-15)12-11-17(26)22-20-24-23-18(28-20)14-7-9-16(21)10-8-14/h7-10,13,15H,3-6,11-12H2,1-2H3,(H,22,24,26). The summed E-state index contributed by atoms with van der Waals surface area (Å²) in [7, 11) is 0. The Balaban J connectivity index is 1.55. The minimum atomic E-state index is -0.159. The Kier molecular flexibility index (Phi) is 7.02. The van der Waals surface area contributed by atoms with Gasteiger partial charge in [-0.2, -0.15) is 0 Å². The molecule has 2 amide bonds. The van der Waals surface area contributed by atoms with Crippen LogP contribution in [-0.4, -0.2) is 39.5 Å². The SMILES string of the molecule is CCC(C)N(CCC(=O)Nc1nnc(-c2ccc(Cl)cc2)s1)C(=O)C1CCC1.